The Bertz CT molecular complexity index is 1070. The summed E-state index contributed by atoms with van der Waals surface area (Å²) < 4.78 is 6.88. The molecule has 8 heteroatoms. The predicted molar refractivity (Wildman–Crippen MR) is 108 cm³/mol. The second-order valence-electron chi connectivity index (χ2n) is 6.89. The quantitative estimate of drug-likeness (QED) is 0.673. The smallest absolute Gasteiger partial charge is 0.258 e. The van der Waals surface area contributed by atoms with Crippen molar-refractivity contribution >= 4 is 22.2 Å². The predicted octanol–water partition coefficient (Wildman–Crippen LogP) is 2.03. The van der Waals surface area contributed by atoms with Crippen molar-refractivity contribution in [1.82, 2.24) is 19.2 Å². The van der Waals surface area contributed by atoms with Crippen LogP contribution in [0.1, 0.15) is 21.6 Å². The van der Waals surface area contributed by atoms with Gasteiger partial charge in [0.25, 0.3) is 11.5 Å². The van der Waals surface area contributed by atoms with Gasteiger partial charge >= 0.3 is 0 Å². The van der Waals surface area contributed by atoms with Crippen molar-refractivity contribution in [2.75, 3.05) is 33.3 Å². The lowest BCUT2D eigenvalue weighted by atomic mass is 10.1. The van der Waals surface area contributed by atoms with E-state index in [0.717, 1.165) is 30.1 Å². The molecule has 1 aliphatic heterocycles. The number of carbonyl (C=O) groups excluding carboxylic acids is 1. The minimum atomic E-state index is -0.0524. The van der Waals surface area contributed by atoms with E-state index in [4.69, 9.17) is 4.74 Å². The van der Waals surface area contributed by atoms with Gasteiger partial charge in [0.1, 0.15) is 5.75 Å². The van der Waals surface area contributed by atoms with Gasteiger partial charge in [-0.05, 0) is 24.6 Å². The summed E-state index contributed by atoms with van der Waals surface area (Å²) in [7, 11) is 1.61. The van der Waals surface area contributed by atoms with Crippen LogP contribution in [0.2, 0.25) is 0 Å². The van der Waals surface area contributed by atoms with Crippen molar-refractivity contribution in [2.45, 2.75) is 13.5 Å². The molecule has 2 aromatic heterocycles. The first-order valence-electron chi connectivity index (χ1n) is 9.17. The number of aromatic nitrogens is 2. The van der Waals surface area contributed by atoms with Crippen molar-refractivity contribution in [2.24, 2.45) is 0 Å². The number of hydrogen-bond acceptors (Lipinski definition) is 6. The molecule has 1 fully saturated rings. The summed E-state index contributed by atoms with van der Waals surface area (Å²) in [6.07, 6.45) is 1.74. The van der Waals surface area contributed by atoms with E-state index >= 15 is 0 Å². The molecular weight excluding hydrogens is 376 g/mol. The van der Waals surface area contributed by atoms with E-state index < -0.39 is 0 Å². The second kappa shape index (κ2) is 7.73. The number of nitrogens with zero attached hydrogens (tertiary/aromatic N) is 4. The Balaban J connectivity index is 1.40. The molecule has 1 aliphatic rings. The van der Waals surface area contributed by atoms with Gasteiger partial charge < -0.3 is 9.64 Å². The second-order valence-corrected chi connectivity index (χ2v) is 7.77. The highest BCUT2D eigenvalue weighted by atomic mass is 32.1. The molecule has 0 saturated carbocycles. The number of methoxy groups -OCH3 is 1. The lowest BCUT2D eigenvalue weighted by molar-refractivity contribution is 0.0626. The number of piperazine rings is 1. The molecular formula is C20H22N4O3S. The molecule has 1 aromatic carbocycles. The molecule has 0 atom stereocenters. The lowest BCUT2D eigenvalue weighted by Gasteiger charge is -2.34. The van der Waals surface area contributed by atoms with E-state index in [0.29, 0.717) is 30.2 Å². The van der Waals surface area contributed by atoms with Gasteiger partial charge in [0, 0.05) is 55.9 Å². The fraction of sp³-hybridized carbons (Fsp3) is 0.350. The molecule has 7 nitrogen and oxygen atoms in total. The van der Waals surface area contributed by atoms with Crippen LogP contribution in [0, 0.1) is 6.92 Å². The summed E-state index contributed by atoms with van der Waals surface area (Å²) in [4.78, 5) is 34.3. The molecule has 0 unspecified atom stereocenters. The number of carbonyl (C=O) groups is 1. The maximum absolute atomic E-state index is 12.8. The van der Waals surface area contributed by atoms with Gasteiger partial charge in [-0.2, -0.15) is 0 Å². The number of hydrogen-bond donors (Lipinski definition) is 0. The Labute approximate surface area is 166 Å². The summed E-state index contributed by atoms with van der Waals surface area (Å²) in [5.41, 5.74) is 2.38. The van der Waals surface area contributed by atoms with E-state index in [1.54, 1.807) is 29.8 Å². The third-order valence-electron chi connectivity index (χ3n) is 5.06. The molecule has 4 rings (SSSR count). The first-order chi connectivity index (χ1) is 13.5. The van der Waals surface area contributed by atoms with Crippen LogP contribution in [0.15, 0.2) is 40.6 Å². The van der Waals surface area contributed by atoms with Gasteiger partial charge in [0.05, 0.1) is 12.8 Å². The van der Waals surface area contributed by atoms with Crippen molar-refractivity contribution in [3.63, 3.8) is 0 Å². The first kappa shape index (κ1) is 18.6. The SMILES string of the molecule is COc1cc(C(=O)N2CCN(Cc3cc(=O)n4ccsc4n3)CC2)ccc1C. The van der Waals surface area contributed by atoms with Crippen LogP contribution in [-0.4, -0.2) is 58.4 Å². The van der Waals surface area contributed by atoms with Crippen LogP contribution in [0.4, 0.5) is 0 Å². The highest BCUT2D eigenvalue weighted by molar-refractivity contribution is 7.15. The Morgan fingerprint density at radius 1 is 1.21 bits per heavy atom. The van der Waals surface area contributed by atoms with E-state index in [1.807, 2.05) is 29.3 Å². The summed E-state index contributed by atoms with van der Waals surface area (Å²) in [6, 6.07) is 7.15. The maximum atomic E-state index is 12.8. The van der Waals surface area contributed by atoms with Gasteiger partial charge in [-0.1, -0.05) is 6.07 Å². The van der Waals surface area contributed by atoms with Gasteiger partial charge in [0.15, 0.2) is 4.96 Å². The van der Waals surface area contributed by atoms with Crippen LogP contribution in [0.3, 0.4) is 0 Å². The largest absolute Gasteiger partial charge is 0.496 e. The van der Waals surface area contributed by atoms with Crippen molar-refractivity contribution in [3.8, 4) is 5.75 Å². The zero-order chi connectivity index (χ0) is 19.7. The number of ether oxygens (including phenoxy) is 1. The van der Waals surface area contributed by atoms with Gasteiger partial charge in [0.2, 0.25) is 0 Å². The standard InChI is InChI=1S/C20H22N4O3S/c1-14-3-4-15(11-17(14)27-2)19(26)23-7-5-22(6-8-23)13-16-12-18(25)24-9-10-28-20(24)21-16/h3-4,9-12H,5-8,13H2,1-2H3. The highest BCUT2D eigenvalue weighted by Gasteiger charge is 2.23. The number of thiazole rings is 1. The molecule has 1 amide bonds. The molecule has 0 bridgehead atoms. The van der Waals surface area contributed by atoms with Crippen LogP contribution >= 0.6 is 11.3 Å². The third kappa shape index (κ3) is 3.65. The van der Waals surface area contributed by atoms with Gasteiger partial charge in [-0.3, -0.25) is 18.9 Å². The van der Waals surface area contributed by atoms with Gasteiger partial charge in [-0.15, -0.1) is 11.3 Å². The zero-order valence-electron chi connectivity index (χ0n) is 15.9. The van der Waals surface area contributed by atoms with E-state index in [9.17, 15) is 9.59 Å². The third-order valence-corrected chi connectivity index (χ3v) is 5.81. The molecule has 1 saturated heterocycles. The molecule has 28 heavy (non-hydrogen) atoms. The lowest BCUT2D eigenvalue weighted by Crippen LogP contribution is -2.48. The van der Waals surface area contributed by atoms with E-state index in [1.165, 1.54) is 11.3 Å². The zero-order valence-corrected chi connectivity index (χ0v) is 16.7. The van der Waals surface area contributed by atoms with Crippen LogP contribution in [0.5, 0.6) is 5.75 Å². The Hall–Kier alpha value is -2.71. The van der Waals surface area contributed by atoms with Crippen molar-refractivity contribution in [1.29, 1.82) is 0 Å². The minimum absolute atomic E-state index is 0.0225. The Morgan fingerprint density at radius 2 is 2.00 bits per heavy atom. The normalized spacial score (nSPS) is 15.1. The molecule has 0 radical (unpaired) electrons. The molecule has 3 aromatic rings. The van der Waals surface area contributed by atoms with Crippen LogP contribution in [-0.2, 0) is 6.54 Å². The number of fused-ring (bicyclic) bond motifs is 1. The highest BCUT2D eigenvalue weighted by Crippen LogP contribution is 2.20. The Morgan fingerprint density at radius 3 is 2.75 bits per heavy atom. The summed E-state index contributed by atoms with van der Waals surface area (Å²) >= 11 is 1.45. The maximum Gasteiger partial charge on any atom is 0.258 e. The van der Waals surface area contributed by atoms with Crippen molar-refractivity contribution < 1.29 is 9.53 Å². The monoisotopic (exact) mass is 398 g/mol. The fourth-order valence-electron chi connectivity index (χ4n) is 3.44. The van der Waals surface area contributed by atoms with E-state index in [2.05, 4.69) is 9.88 Å². The molecule has 0 N–H and O–H groups in total. The van der Waals surface area contributed by atoms with Gasteiger partial charge in [-0.25, -0.2) is 4.98 Å². The number of amides is 1. The average Bonchev–Trinajstić information content (AvgIpc) is 3.18. The molecule has 3 heterocycles. The number of benzene rings is 1. The summed E-state index contributed by atoms with van der Waals surface area (Å²) in [6.45, 7) is 5.37. The number of rotatable bonds is 4. The molecule has 0 aliphatic carbocycles. The van der Waals surface area contributed by atoms with Crippen LogP contribution < -0.4 is 10.3 Å². The van der Waals surface area contributed by atoms with E-state index in [-0.39, 0.29) is 11.5 Å². The minimum Gasteiger partial charge on any atom is -0.496 e. The number of aryl methyl sites for hydroxylation is 1. The first-order valence-corrected chi connectivity index (χ1v) is 10.0. The summed E-state index contributed by atoms with van der Waals surface area (Å²) in [5, 5.41) is 1.86. The summed E-state index contributed by atoms with van der Waals surface area (Å²) in [5.74, 6) is 0.750. The molecule has 0 spiro atoms. The fourth-order valence-corrected chi connectivity index (χ4v) is 4.18. The molecule has 146 valence electrons. The topological polar surface area (TPSA) is 67.2 Å². The average molecular weight is 398 g/mol. The van der Waals surface area contributed by atoms with Crippen molar-refractivity contribution in [3.05, 3.63) is 63.0 Å². The Kier molecular flexibility index (Phi) is 5.15. The van der Waals surface area contributed by atoms with Crippen LogP contribution in [0.25, 0.3) is 4.96 Å².